The average Bonchev–Trinajstić information content (AvgIpc) is 3.36. The van der Waals surface area contributed by atoms with Crippen molar-refractivity contribution < 1.29 is 4.79 Å². The second kappa shape index (κ2) is 6.57. The molecule has 1 heterocycles. The third-order valence-electron chi connectivity index (χ3n) is 4.91. The monoisotopic (exact) mass is 352 g/mol. The lowest BCUT2D eigenvalue weighted by Gasteiger charge is -2.17. The van der Waals surface area contributed by atoms with E-state index in [2.05, 4.69) is 41.3 Å². The predicted octanol–water partition coefficient (Wildman–Crippen LogP) is 4.63. The number of halogens is 1. The predicted molar refractivity (Wildman–Crippen MR) is 102 cm³/mol. The summed E-state index contributed by atoms with van der Waals surface area (Å²) in [6.07, 6.45) is 4.80. The first-order chi connectivity index (χ1) is 12.1. The Hall–Kier alpha value is -2.26. The van der Waals surface area contributed by atoms with Crippen molar-refractivity contribution >= 4 is 28.4 Å². The fourth-order valence-corrected chi connectivity index (χ4v) is 3.58. The van der Waals surface area contributed by atoms with E-state index in [1.165, 1.54) is 16.5 Å². The van der Waals surface area contributed by atoms with Crippen molar-refractivity contribution in [3.63, 3.8) is 0 Å². The number of amides is 1. The van der Waals surface area contributed by atoms with Crippen molar-refractivity contribution in [2.24, 2.45) is 7.05 Å². The topological polar surface area (TPSA) is 34.0 Å². The van der Waals surface area contributed by atoms with Gasteiger partial charge in [-0.1, -0.05) is 41.9 Å². The van der Waals surface area contributed by atoms with E-state index in [0.717, 1.165) is 18.4 Å². The minimum atomic E-state index is 0.0158. The molecule has 1 fully saturated rings. The molecule has 3 nitrogen and oxygen atoms in total. The third kappa shape index (κ3) is 3.42. The number of rotatable bonds is 5. The largest absolute Gasteiger partial charge is 0.353 e. The molecule has 1 atom stereocenters. The Bertz CT molecular complexity index is 909. The molecule has 1 aromatic heterocycles. The van der Waals surface area contributed by atoms with E-state index in [1.54, 1.807) is 0 Å². The highest BCUT2D eigenvalue weighted by Gasteiger charge is 2.27. The summed E-state index contributed by atoms with van der Waals surface area (Å²) in [5.41, 5.74) is 3.48. The van der Waals surface area contributed by atoms with Crippen LogP contribution < -0.4 is 5.32 Å². The standard InChI is InChI=1S/C21H21ClN2O/c1-24-13-19(17-4-2-3-5-20(17)24)18(12-21(25)23-16-10-11-16)14-6-8-15(22)9-7-14/h2-9,13,16,18H,10-12H2,1H3,(H,23,25)/t18-/m0/s1. The van der Waals surface area contributed by atoms with Crippen LogP contribution in [-0.4, -0.2) is 16.5 Å². The Morgan fingerprint density at radius 3 is 2.64 bits per heavy atom. The molecular weight excluding hydrogens is 332 g/mol. The van der Waals surface area contributed by atoms with Crippen molar-refractivity contribution in [2.75, 3.05) is 0 Å². The molecule has 0 aliphatic heterocycles. The van der Waals surface area contributed by atoms with Gasteiger partial charge in [0.1, 0.15) is 0 Å². The smallest absolute Gasteiger partial charge is 0.221 e. The van der Waals surface area contributed by atoms with Gasteiger partial charge >= 0.3 is 0 Å². The van der Waals surface area contributed by atoms with Crippen LogP contribution in [0.15, 0.2) is 54.7 Å². The number of carbonyl (C=O) groups excluding carboxylic acids is 1. The van der Waals surface area contributed by atoms with Gasteiger partial charge in [-0.15, -0.1) is 0 Å². The molecule has 2 aromatic carbocycles. The number of fused-ring (bicyclic) bond motifs is 1. The summed E-state index contributed by atoms with van der Waals surface area (Å²) >= 11 is 6.06. The molecule has 0 radical (unpaired) electrons. The van der Waals surface area contributed by atoms with Crippen LogP contribution in [0.4, 0.5) is 0 Å². The maximum Gasteiger partial charge on any atom is 0.221 e. The zero-order chi connectivity index (χ0) is 17.4. The lowest BCUT2D eigenvalue weighted by molar-refractivity contribution is -0.121. The first kappa shape index (κ1) is 16.2. The summed E-state index contributed by atoms with van der Waals surface area (Å²) in [4.78, 5) is 12.5. The summed E-state index contributed by atoms with van der Waals surface area (Å²) in [7, 11) is 2.05. The van der Waals surface area contributed by atoms with Crippen LogP contribution in [0.1, 0.15) is 36.3 Å². The van der Waals surface area contributed by atoms with E-state index in [1.807, 2.05) is 30.3 Å². The van der Waals surface area contributed by atoms with E-state index in [9.17, 15) is 4.79 Å². The van der Waals surface area contributed by atoms with Crippen molar-refractivity contribution in [3.8, 4) is 0 Å². The molecule has 4 rings (SSSR count). The van der Waals surface area contributed by atoms with Gasteiger partial charge in [-0.2, -0.15) is 0 Å². The first-order valence-electron chi connectivity index (χ1n) is 8.70. The first-order valence-corrected chi connectivity index (χ1v) is 9.08. The fourth-order valence-electron chi connectivity index (χ4n) is 3.45. The van der Waals surface area contributed by atoms with Gasteiger partial charge in [0.15, 0.2) is 0 Å². The zero-order valence-electron chi connectivity index (χ0n) is 14.2. The quantitative estimate of drug-likeness (QED) is 0.713. The summed E-state index contributed by atoms with van der Waals surface area (Å²) in [6, 6.07) is 16.6. The maximum atomic E-state index is 12.5. The number of para-hydroxylation sites is 1. The van der Waals surface area contributed by atoms with E-state index < -0.39 is 0 Å². The van der Waals surface area contributed by atoms with Gasteiger partial charge in [-0.05, 0) is 42.2 Å². The molecule has 1 amide bonds. The Morgan fingerprint density at radius 2 is 1.92 bits per heavy atom. The van der Waals surface area contributed by atoms with Crippen LogP contribution in [0.25, 0.3) is 10.9 Å². The van der Waals surface area contributed by atoms with Gasteiger partial charge in [0.05, 0.1) is 0 Å². The second-order valence-electron chi connectivity index (χ2n) is 6.86. The number of nitrogens with one attached hydrogen (secondary N) is 1. The highest BCUT2D eigenvalue weighted by atomic mass is 35.5. The minimum Gasteiger partial charge on any atom is -0.353 e. The number of hydrogen-bond acceptors (Lipinski definition) is 1. The fraction of sp³-hybridized carbons (Fsp3) is 0.286. The number of benzene rings is 2. The number of nitrogens with zero attached hydrogens (tertiary/aromatic N) is 1. The van der Waals surface area contributed by atoms with Crippen molar-refractivity contribution in [3.05, 3.63) is 70.9 Å². The van der Waals surface area contributed by atoms with Crippen LogP contribution in [0.2, 0.25) is 5.02 Å². The maximum absolute atomic E-state index is 12.5. The van der Waals surface area contributed by atoms with E-state index in [4.69, 9.17) is 11.6 Å². The lowest BCUT2D eigenvalue weighted by Crippen LogP contribution is -2.27. The molecule has 1 aliphatic carbocycles. The molecule has 0 bridgehead atoms. The van der Waals surface area contributed by atoms with E-state index >= 15 is 0 Å². The van der Waals surface area contributed by atoms with Crippen LogP contribution in [0.5, 0.6) is 0 Å². The molecule has 0 saturated heterocycles. The molecular formula is C21H21ClN2O. The second-order valence-corrected chi connectivity index (χ2v) is 7.30. The average molecular weight is 353 g/mol. The van der Waals surface area contributed by atoms with Gasteiger partial charge in [0, 0.05) is 47.6 Å². The SMILES string of the molecule is Cn1cc([C@@H](CC(=O)NC2CC2)c2ccc(Cl)cc2)c2ccccc21. The van der Waals surface area contributed by atoms with Crippen LogP contribution in [0.3, 0.4) is 0 Å². The van der Waals surface area contributed by atoms with Crippen LogP contribution in [-0.2, 0) is 11.8 Å². The van der Waals surface area contributed by atoms with Crippen molar-refractivity contribution in [1.29, 1.82) is 0 Å². The number of carbonyl (C=O) groups is 1. The number of hydrogen-bond donors (Lipinski definition) is 1. The Labute approximate surface area is 152 Å². The summed E-state index contributed by atoms with van der Waals surface area (Å²) in [5, 5.41) is 5.03. The van der Waals surface area contributed by atoms with Gasteiger partial charge in [-0.25, -0.2) is 0 Å². The summed E-state index contributed by atoms with van der Waals surface area (Å²) < 4.78 is 2.13. The number of aromatic nitrogens is 1. The van der Waals surface area contributed by atoms with Gasteiger partial charge in [0.2, 0.25) is 5.91 Å². The molecule has 1 N–H and O–H groups in total. The summed E-state index contributed by atoms with van der Waals surface area (Å²) in [5.74, 6) is 0.137. The molecule has 128 valence electrons. The normalized spacial score (nSPS) is 15.3. The highest BCUT2D eigenvalue weighted by Crippen LogP contribution is 2.35. The van der Waals surface area contributed by atoms with E-state index in [-0.39, 0.29) is 11.8 Å². The molecule has 1 saturated carbocycles. The molecule has 0 unspecified atom stereocenters. The molecule has 0 spiro atoms. The highest BCUT2D eigenvalue weighted by molar-refractivity contribution is 6.30. The Morgan fingerprint density at radius 1 is 1.20 bits per heavy atom. The molecule has 4 heteroatoms. The molecule has 25 heavy (non-hydrogen) atoms. The Kier molecular flexibility index (Phi) is 4.26. The van der Waals surface area contributed by atoms with Crippen molar-refractivity contribution in [2.45, 2.75) is 31.2 Å². The van der Waals surface area contributed by atoms with Crippen LogP contribution >= 0.6 is 11.6 Å². The zero-order valence-corrected chi connectivity index (χ0v) is 15.0. The van der Waals surface area contributed by atoms with Gasteiger partial charge in [0.25, 0.3) is 0 Å². The molecule has 3 aromatic rings. The summed E-state index contributed by atoms with van der Waals surface area (Å²) in [6.45, 7) is 0. The van der Waals surface area contributed by atoms with Gasteiger partial charge in [-0.3, -0.25) is 4.79 Å². The van der Waals surface area contributed by atoms with Crippen LogP contribution in [0, 0.1) is 0 Å². The lowest BCUT2D eigenvalue weighted by atomic mass is 9.88. The van der Waals surface area contributed by atoms with Gasteiger partial charge < -0.3 is 9.88 Å². The minimum absolute atomic E-state index is 0.0158. The van der Waals surface area contributed by atoms with E-state index in [0.29, 0.717) is 17.5 Å². The van der Waals surface area contributed by atoms with Crippen molar-refractivity contribution in [1.82, 2.24) is 9.88 Å². The Balaban J connectivity index is 1.75. The third-order valence-corrected chi connectivity index (χ3v) is 5.16. The number of aryl methyl sites for hydroxylation is 1. The molecule has 1 aliphatic rings.